The highest BCUT2D eigenvalue weighted by Crippen LogP contribution is 2.37. The van der Waals surface area contributed by atoms with Gasteiger partial charge in [-0.3, -0.25) is 4.79 Å². The van der Waals surface area contributed by atoms with Crippen molar-refractivity contribution < 1.29 is 4.79 Å². The van der Waals surface area contributed by atoms with E-state index in [1.54, 1.807) is 16.0 Å². The van der Waals surface area contributed by atoms with Crippen molar-refractivity contribution in [3.8, 4) is 6.07 Å². The van der Waals surface area contributed by atoms with Gasteiger partial charge in [0.05, 0.1) is 10.8 Å². The van der Waals surface area contributed by atoms with Crippen LogP contribution in [0.5, 0.6) is 0 Å². The molecule has 1 atom stereocenters. The zero-order valence-electron chi connectivity index (χ0n) is 14.3. The first-order valence-corrected chi connectivity index (χ1v) is 10.1. The maximum absolute atomic E-state index is 12.6. The number of nitrogens with zero attached hydrogens (tertiary/aromatic N) is 5. The molecule has 25 heavy (non-hydrogen) atoms. The number of carbonyl (C=O) groups is 1. The standard InChI is InChI=1S/C16H20N6OS2/c1-3-22-16(19-20-21-22)24-10(2)14(23)18-15-12(9-17)11-7-5-4-6-8-13(11)25-15/h10H,3-8H2,1-2H3,(H,18,23)/t10-/m0/s1. The Bertz CT molecular complexity index is 806. The predicted molar refractivity (Wildman–Crippen MR) is 97.7 cm³/mol. The number of rotatable bonds is 5. The second kappa shape index (κ2) is 7.97. The SMILES string of the molecule is CCn1nnnc1S[C@@H](C)C(=O)Nc1sc2c(c1C#N)CCCCC2. The lowest BCUT2D eigenvalue weighted by molar-refractivity contribution is -0.115. The second-order valence-electron chi connectivity index (χ2n) is 5.91. The van der Waals surface area contributed by atoms with Crippen molar-refractivity contribution >= 4 is 34.0 Å². The molecule has 0 radical (unpaired) electrons. The molecule has 2 aromatic rings. The fourth-order valence-corrected chi connectivity index (χ4v) is 4.95. The number of thiophene rings is 1. The minimum Gasteiger partial charge on any atom is -0.316 e. The van der Waals surface area contributed by atoms with E-state index in [0.29, 0.717) is 22.3 Å². The molecule has 1 N–H and O–H groups in total. The zero-order valence-corrected chi connectivity index (χ0v) is 15.9. The molecule has 9 heteroatoms. The number of hydrogen-bond donors (Lipinski definition) is 1. The molecule has 1 aliphatic carbocycles. The molecule has 132 valence electrons. The summed E-state index contributed by atoms with van der Waals surface area (Å²) in [6.45, 7) is 4.42. The second-order valence-corrected chi connectivity index (χ2v) is 8.32. The van der Waals surface area contributed by atoms with Crippen molar-refractivity contribution in [2.24, 2.45) is 0 Å². The van der Waals surface area contributed by atoms with E-state index in [-0.39, 0.29) is 11.2 Å². The summed E-state index contributed by atoms with van der Waals surface area (Å²) in [7, 11) is 0. The topological polar surface area (TPSA) is 96.5 Å². The Kier molecular flexibility index (Phi) is 5.71. The smallest absolute Gasteiger partial charge is 0.238 e. The third-order valence-electron chi connectivity index (χ3n) is 4.22. The predicted octanol–water partition coefficient (Wildman–Crippen LogP) is 3.01. The van der Waals surface area contributed by atoms with E-state index >= 15 is 0 Å². The number of hydrogen-bond acceptors (Lipinski definition) is 7. The van der Waals surface area contributed by atoms with Crippen LogP contribution in [-0.2, 0) is 24.2 Å². The normalized spacial score (nSPS) is 15.1. The molecule has 0 saturated carbocycles. The number of nitriles is 1. The number of anilines is 1. The Morgan fingerprint density at radius 1 is 1.44 bits per heavy atom. The van der Waals surface area contributed by atoms with E-state index < -0.39 is 0 Å². The van der Waals surface area contributed by atoms with Crippen LogP contribution < -0.4 is 5.32 Å². The van der Waals surface area contributed by atoms with Crippen LogP contribution in [0.15, 0.2) is 5.16 Å². The molecule has 1 amide bonds. The number of thioether (sulfide) groups is 1. The van der Waals surface area contributed by atoms with E-state index in [2.05, 4.69) is 26.9 Å². The van der Waals surface area contributed by atoms with E-state index in [9.17, 15) is 10.1 Å². The summed E-state index contributed by atoms with van der Waals surface area (Å²) >= 11 is 2.87. The van der Waals surface area contributed by atoms with Crippen LogP contribution >= 0.6 is 23.1 Å². The third kappa shape index (κ3) is 3.85. The van der Waals surface area contributed by atoms with E-state index in [0.717, 1.165) is 31.2 Å². The van der Waals surface area contributed by atoms with Gasteiger partial charge in [-0.1, -0.05) is 18.2 Å². The van der Waals surface area contributed by atoms with Gasteiger partial charge in [-0.25, -0.2) is 4.68 Å². The van der Waals surface area contributed by atoms with Gasteiger partial charge in [0.1, 0.15) is 11.1 Å². The van der Waals surface area contributed by atoms with Crippen LogP contribution in [0.4, 0.5) is 5.00 Å². The van der Waals surface area contributed by atoms with Gasteiger partial charge in [0, 0.05) is 11.4 Å². The Morgan fingerprint density at radius 3 is 3.00 bits per heavy atom. The molecule has 1 aliphatic rings. The summed E-state index contributed by atoms with van der Waals surface area (Å²) in [4.78, 5) is 13.8. The quantitative estimate of drug-likeness (QED) is 0.636. The first-order valence-electron chi connectivity index (χ1n) is 8.42. The summed E-state index contributed by atoms with van der Waals surface area (Å²) < 4.78 is 1.66. The van der Waals surface area contributed by atoms with Crippen LogP contribution in [0.1, 0.15) is 49.1 Å². The fourth-order valence-electron chi connectivity index (χ4n) is 2.85. The maximum Gasteiger partial charge on any atom is 0.238 e. The molecule has 2 aromatic heterocycles. The number of tetrazole rings is 1. The van der Waals surface area contributed by atoms with Crippen molar-refractivity contribution in [1.82, 2.24) is 20.2 Å². The maximum atomic E-state index is 12.6. The summed E-state index contributed by atoms with van der Waals surface area (Å²) in [5.74, 6) is -0.136. The van der Waals surface area contributed by atoms with Gasteiger partial charge in [-0.15, -0.1) is 16.4 Å². The lowest BCUT2D eigenvalue weighted by Crippen LogP contribution is -2.23. The van der Waals surface area contributed by atoms with Crippen molar-refractivity contribution in [3.63, 3.8) is 0 Å². The Morgan fingerprint density at radius 2 is 2.24 bits per heavy atom. The lowest BCUT2D eigenvalue weighted by Gasteiger charge is -2.10. The van der Waals surface area contributed by atoms with Crippen LogP contribution in [0.25, 0.3) is 0 Å². The number of aromatic nitrogens is 4. The summed E-state index contributed by atoms with van der Waals surface area (Å²) in [5, 5.41) is 24.9. The van der Waals surface area contributed by atoms with Gasteiger partial charge in [-0.05, 0) is 55.5 Å². The van der Waals surface area contributed by atoms with Crippen molar-refractivity contribution in [3.05, 3.63) is 16.0 Å². The summed E-state index contributed by atoms with van der Waals surface area (Å²) in [6, 6.07) is 2.29. The van der Waals surface area contributed by atoms with Gasteiger partial charge < -0.3 is 5.32 Å². The minimum atomic E-state index is -0.357. The molecular formula is C16H20N6OS2. The van der Waals surface area contributed by atoms with Gasteiger partial charge >= 0.3 is 0 Å². The number of fused-ring (bicyclic) bond motifs is 1. The Hall–Kier alpha value is -1.92. The van der Waals surface area contributed by atoms with Crippen LogP contribution in [0, 0.1) is 11.3 Å². The molecule has 3 rings (SSSR count). The largest absolute Gasteiger partial charge is 0.316 e. The molecule has 0 saturated heterocycles. The van der Waals surface area contributed by atoms with Gasteiger partial charge in [0.15, 0.2) is 0 Å². The van der Waals surface area contributed by atoms with E-state index in [4.69, 9.17) is 0 Å². The number of aryl methyl sites for hydroxylation is 2. The summed E-state index contributed by atoms with van der Waals surface area (Å²) in [5.41, 5.74) is 1.78. The van der Waals surface area contributed by atoms with Crippen LogP contribution in [0.3, 0.4) is 0 Å². The molecule has 0 bridgehead atoms. The van der Waals surface area contributed by atoms with Gasteiger partial charge in [-0.2, -0.15) is 5.26 Å². The van der Waals surface area contributed by atoms with Crippen molar-refractivity contribution in [2.75, 3.05) is 5.32 Å². The number of carbonyl (C=O) groups excluding carboxylic acids is 1. The number of amides is 1. The Labute approximate surface area is 154 Å². The average Bonchev–Trinajstić information content (AvgIpc) is 3.11. The highest BCUT2D eigenvalue weighted by Gasteiger charge is 2.24. The minimum absolute atomic E-state index is 0.136. The Balaban J connectivity index is 1.73. The molecule has 7 nitrogen and oxygen atoms in total. The summed E-state index contributed by atoms with van der Waals surface area (Å²) in [6.07, 6.45) is 5.39. The zero-order chi connectivity index (χ0) is 17.8. The third-order valence-corrected chi connectivity index (χ3v) is 6.50. The first kappa shape index (κ1) is 17.9. The van der Waals surface area contributed by atoms with Crippen molar-refractivity contribution in [2.45, 2.75) is 62.9 Å². The highest BCUT2D eigenvalue weighted by molar-refractivity contribution is 8.00. The molecule has 0 spiro atoms. The molecule has 2 heterocycles. The number of nitrogens with one attached hydrogen (secondary N) is 1. The monoisotopic (exact) mass is 376 g/mol. The van der Waals surface area contributed by atoms with Crippen LogP contribution in [-0.4, -0.2) is 31.4 Å². The van der Waals surface area contributed by atoms with Crippen molar-refractivity contribution in [1.29, 1.82) is 5.26 Å². The molecule has 0 aromatic carbocycles. The average molecular weight is 377 g/mol. The molecule has 0 fully saturated rings. The molecule has 0 aliphatic heterocycles. The fraction of sp³-hybridized carbons (Fsp3) is 0.562. The van der Waals surface area contributed by atoms with Crippen LogP contribution in [0.2, 0.25) is 0 Å². The lowest BCUT2D eigenvalue weighted by atomic mass is 10.1. The molecular weight excluding hydrogens is 356 g/mol. The van der Waals surface area contributed by atoms with E-state index in [1.807, 2.05) is 13.8 Å². The van der Waals surface area contributed by atoms with Gasteiger partial charge in [0.25, 0.3) is 0 Å². The van der Waals surface area contributed by atoms with E-state index in [1.165, 1.54) is 23.1 Å². The first-order chi connectivity index (χ1) is 12.1. The highest BCUT2D eigenvalue weighted by atomic mass is 32.2. The van der Waals surface area contributed by atoms with Gasteiger partial charge in [0.2, 0.25) is 11.1 Å². The molecule has 0 unspecified atom stereocenters.